The largest absolute Gasteiger partial charge is 0.379 e. The maximum atomic E-state index is 13.4. The number of halogens is 2. The summed E-state index contributed by atoms with van der Waals surface area (Å²) in [6.45, 7) is 3.92. The predicted molar refractivity (Wildman–Crippen MR) is 121 cm³/mol. The van der Waals surface area contributed by atoms with Crippen molar-refractivity contribution in [2.45, 2.75) is 18.9 Å². The molecule has 4 rings (SSSR count). The fraction of sp³-hybridized carbons (Fsp3) is 0.417. The summed E-state index contributed by atoms with van der Waals surface area (Å²) in [5.41, 5.74) is 3.59. The molecule has 2 aromatic carbocycles. The number of carbonyl (C=O) groups excluding carboxylic acids is 2. The van der Waals surface area contributed by atoms with Crippen molar-refractivity contribution in [2.24, 2.45) is 0 Å². The molecule has 0 aliphatic carbocycles. The van der Waals surface area contributed by atoms with Gasteiger partial charge >= 0.3 is 11.8 Å². The van der Waals surface area contributed by atoms with Crippen LogP contribution in [0.25, 0.3) is 0 Å². The third-order valence-electron chi connectivity index (χ3n) is 6.17. The fourth-order valence-corrected chi connectivity index (χ4v) is 4.39. The topological polar surface area (TPSA) is 73.9 Å². The number of nitrogens with zero attached hydrogens (tertiary/aromatic N) is 2. The van der Waals surface area contributed by atoms with Crippen molar-refractivity contribution in [3.63, 3.8) is 0 Å². The van der Waals surface area contributed by atoms with Crippen LogP contribution in [0, 0.1) is 11.6 Å². The van der Waals surface area contributed by atoms with Gasteiger partial charge in [-0.2, -0.15) is 0 Å². The van der Waals surface area contributed by atoms with E-state index in [1.807, 2.05) is 0 Å². The molecule has 1 saturated heterocycles. The molecule has 9 heteroatoms. The minimum Gasteiger partial charge on any atom is -0.379 e. The van der Waals surface area contributed by atoms with Crippen LogP contribution < -0.4 is 15.5 Å². The molecule has 1 fully saturated rings. The van der Waals surface area contributed by atoms with Gasteiger partial charge in [0.05, 0.1) is 19.3 Å². The van der Waals surface area contributed by atoms with Crippen molar-refractivity contribution in [1.82, 2.24) is 10.2 Å². The Labute approximate surface area is 191 Å². The molecule has 0 bridgehead atoms. The first-order chi connectivity index (χ1) is 15.9. The van der Waals surface area contributed by atoms with E-state index in [0.717, 1.165) is 50.2 Å². The second-order valence-electron chi connectivity index (χ2n) is 8.37. The van der Waals surface area contributed by atoms with Crippen LogP contribution in [0.3, 0.4) is 0 Å². The van der Waals surface area contributed by atoms with Crippen LogP contribution in [0.4, 0.5) is 20.2 Å². The highest BCUT2D eigenvalue weighted by Gasteiger charge is 2.26. The van der Waals surface area contributed by atoms with E-state index in [9.17, 15) is 18.4 Å². The van der Waals surface area contributed by atoms with Gasteiger partial charge in [-0.05, 0) is 42.2 Å². The monoisotopic (exact) mass is 458 g/mol. The van der Waals surface area contributed by atoms with Gasteiger partial charge in [0.1, 0.15) is 0 Å². The number of fused-ring (bicyclic) bond motifs is 1. The zero-order valence-corrected chi connectivity index (χ0v) is 18.6. The average molecular weight is 459 g/mol. The van der Waals surface area contributed by atoms with Crippen molar-refractivity contribution in [2.75, 3.05) is 56.7 Å². The van der Waals surface area contributed by atoms with Gasteiger partial charge in [0.25, 0.3) is 0 Å². The summed E-state index contributed by atoms with van der Waals surface area (Å²) >= 11 is 0. The zero-order chi connectivity index (χ0) is 23.4. The standard InChI is InChI=1S/C24H28F2N4O3/c1-29-8-2-3-16-13-17(4-7-21(16)29)22(30-9-11-33-12-10-30)15-27-23(31)24(32)28-18-5-6-19(25)20(26)14-18/h4-7,13-14,22H,2-3,8-12,15H2,1H3,(H,27,31)(H,28,32)/t22-/m0/s1. The predicted octanol–water partition coefficient (Wildman–Crippen LogP) is 2.48. The summed E-state index contributed by atoms with van der Waals surface area (Å²) in [4.78, 5) is 29.2. The lowest BCUT2D eigenvalue weighted by Crippen LogP contribution is -2.45. The lowest BCUT2D eigenvalue weighted by atomic mass is 9.95. The van der Waals surface area contributed by atoms with E-state index in [1.54, 1.807) is 0 Å². The summed E-state index contributed by atoms with van der Waals surface area (Å²) in [6.07, 6.45) is 2.10. The Morgan fingerprint density at radius 1 is 1.03 bits per heavy atom. The SMILES string of the molecule is CN1CCCc2cc([C@H](CNC(=O)C(=O)Nc3ccc(F)c(F)c3)N3CCOCC3)ccc21. The molecule has 0 saturated carbocycles. The quantitative estimate of drug-likeness (QED) is 0.674. The van der Waals surface area contributed by atoms with Crippen LogP contribution in [0.15, 0.2) is 36.4 Å². The van der Waals surface area contributed by atoms with E-state index < -0.39 is 23.4 Å². The Hall–Kier alpha value is -3.04. The third-order valence-corrected chi connectivity index (χ3v) is 6.17. The van der Waals surface area contributed by atoms with Crippen LogP contribution in [0.1, 0.15) is 23.6 Å². The average Bonchev–Trinajstić information content (AvgIpc) is 2.82. The molecule has 0 unspecified atom stereocenters. The third kappa shape index (κ3) is 5.48. The molecule has 176 valence electrons. The van der Waals surface area contributed by atoms with Gasteiger partial charge in [0.2, 0.25) is 0 Å². The number of hydrogen-bond donors (Lipinski definition) is 2. The van der Waals surface area contributed by atoms with Gasteiger partial charge < -0.3 is 20.3 Å². The maximum absolute atomic E-state index is 13.4. The van der Waals surface area contributed by atoms with Gasteiger partial charge in [-0.3, -0.25) is 14.5 Å². The van der Waals surface area contributed by atoms with E-state index in [0.29, 0.717) is 13.2 Å². The normalized spacial score (nSPS) is 17.2. The number of carbonyl (C=O) groups is 2. The molecule has 2 N–H and O–H groups in total. The Bertz CT molecular complexity index is 1030. The molecule has 1 atom stereocenters. The molecule has 2 aliphatic heterocycles. The zero-order valence-electron chi connectivity index (χ0n) is 18.6. The maximum Gasteiger partial charge on any atom is 0.313 e. The first-order valence-corrected chi connectivity index (χ1v) is 11.1. The molecule has 0 spiro atoms. The smallest absolute Gasteiger partial charge is 0.313 e. The van der Waals surface area contributed by atoms with Crippen LogP contribution in [0.2, 0.25) is 0 Å². The number of nitrogens with one attached hydrogen (secondary N) is 2. The van der Waals surface area contributed by atoms with Crippen molar-refractivity contribution < 1.29 is 23.1 Å². The van der Waals surface area contributed by atoms with Crippen molar-refractivity contribution in [3.05, 3.63) is 59.2 Å². The number of anilines is 2. The molecule has 0 radical (unpaired) electrons. The number of aryl methyl sites for hydroxylation is 1. The van der Waals surface area contributed by atoms with E-state index in [-0.39, 0.29) is 18.3 Å². The first kappa shape index (κ1) is 23.1. The molecule has 33 heavy (non-hydrogen) atoms. The molecular weight excluding hydrogens is 430 g/mol. The summed E-state index contributed by atoms with van der Waals surface area (Å²) in [7, 11) is 2.09. The highest BCUT2D eigenvalue weighted by Crippen LogP contribution is 2.31. The van der Waals surface area contributed by atoms with Gasteiger partial charge in [0.15, 0.2) is 11.6 Å². The summed E-state index contributed by atoms with van der Waals surface area (Å²) < 4.78 is 31.9. The van der Waals surface area contributed by atoms with Crippen LogP contribution in [0.5, 0.6) is 0 Å². The lowest BCUT2D eigenvalue weighted by Gasteiger charge is -2.36. The highest BCUT2D eigenvalue weighted by molar-refractivity contribution is 6.39. The molecule has 2 amide bonds. The number of benzene rings is 2. The Balaban J connectivity index is 1.46. The molecule has 2 aliphatic rings. The number of hydrogen-bond acceptors (Lipinski definition) is 5. The Morgan fingerprint density at radius 2 is 1.82 bits per heavy atom. The fourth-order valence-electron chi connectivity index (χ4n) is 4.39. The van der Waals surface area contributed by atoms with Crippen molar-refractivity contribution >= 4 is 23.2 Å². The van der Waals surface area contributed by atoms with Gasteiger partial charge in [-0.15, -0.1) is 0 Å². The van der Waals surface area contributed by atoms with Crippen LogP contribution >= 0.6 is 0 Å². The molecule has 7 nitrogen and oxygen atoms in total. The summed E-state index contributed by atoms with van der Waals surface area (Å²) in [6, 6.07) is 9.20. The molecule has 2 heterocycles. The number of amides is 2. The van der Waals surface area contributed by atoms with Crippen LogP contribution in [-0.4, -0.2) is 63.2 Å². The number of rotatable bonds is 5. The van der Waals surface area contributed by atoms with E-state index in [2.05, 4.69) is 45.7 Å². The first-order valence-electron chi connectivity index (χ1n) is 11.1. The van der Waals surface area contributed by atoms with Crippen molar-refractivity contribution in [1.29, 1.82) is 0 Å². The van der Waals surface area contributed by atoms with E-state index in [4.69, 9.17) is 4.74 Å². The van der Waals surface area contributed by atoms with Gasteiger partial charge in [-0.1, -0.05) is 12.1 Å². The van der Waals surface area contributed by atoms with E-state index >= 15 is 0 Å². The number of morpholine rings is 1. The Morgan fingerprint density at radius 3 is 2.58 bits per heavy atom. The van der Waals surface area contributed by atoms with Gasteiger partial charge in [0, 0.05) is 50.7 Å². The second kappa shape index (κ2) is 10.3. The molecule has 0 aromatic heterocycles. The second-order valence-corrected chi connectivity index (χ2v) is 8.37. The Kier molecular flexibility index (Phi) is 7.20. The summed E-state index contributed by atoms with van der Waals surface area (Å²) in [5.74, 6) is -3.90. The minimum absolute atomic E-state index is 0.0117. The molecular formula is C24H28F2N4O3. The van der Waals surface area contributed by atoms with Crippen molar-refractivity contribution in [3.8, 4) is 0 Å². The summed E-state index contributed by atoms with van der Waals surface area (Å²) in [5, 5.41) is 5.00. The molecule has 2 aromatic rings. The minimum atomic E-state index is -1.10. The van der Waals surface area contributed by atoms with Crippen LogP contribution in [-0.2, 0) is 20.7 Å². The number of ether oxygens (including phenoxy) is 1. The highest BCUT2D eigenvalue weighted by atomic mass is 19.2. The van der Waals surface area contributed by atoms with Gasteiger partial charge in [-0.25, -0.2) is 8.78 Å². The lowest BCUT2D eigenvalue weighted by molar-refractivity contribution is -0.136. The van der Waals surface area contributed by atoms with E-state index in [1.165, 1.54) is 17.3 Å².